The van der Waals surface area contributed by atoms with Crippen LogP contribution in [0.25, 0.3) is 11.1 Å². The Kier molecular flexibility index (Phi) is 8.89. The molecule has 2 N–H and O–H groups in total. The van der Waals surface area contributed by atoms with Gasteiger partial charge in [-0.15, -0.1) is 0 Å². The standard InChI is InChI=1S/C28H31FN2O5/c1-6-7-9-20-23(24-21(34-4)10-8-11-22(24)35-5)26(32)25(27(33)31-20)28(30-3)36-17(2)16-18-12-14-19(29)15-13-18/h8,10-15H,2,6-7,9,16H2,1,3-5H3,(H2,31,32,33). The molecule has 0 aliphatic rings. The molecule has 0 unspecified atom stereocenters. The van der Waals surface area contributed by atoms with Gasteiger partial charge < -0.3 is 24.3 Å². The summed E-state index contributed by atoms with van der Waals surface area (Å²) in [6.45, 7) is 5.95. The number of methoxy groups -OCH3 is 2. The molecular formula is C28H31FN2O5. The minimum atomic E-state index is -0.550. The van der Waals surface area contributed by atoms with Crippen LogP contribution in [0.15, 0.2) is 64.6 Å². The van der Waals surface area contributed by atoms with Crippen molar-refractivity contribution in [3.05, 3.63) is 87.8 Å². The smallest absolute Gasteiger partial charge is 0.264 e. The molecule has 0 amide bonds. The summed E-state index contributed by atoms with van der Waals surface area (Å²) in [5.74, 6) is 0.461. The van der Waals surface area contributed by atoms with Crippen molar-refractivity contribution in [1.82, 2.24) is 4.98 Å². The van der Waals surface area contributed by atoms with E-state index in [1.54, 1.807) is 30.3 Å². The van der Waals surface area contributed by atoms with Crippen LogP contribution in [0.1, 0.15) is 36.6 Å². The van der Waals surface area contributed by atoms with Gasteiger partial charge in [0.05, 0.1) is 25.3 Å². The van der Waals surface area contributed by atoms with Crippen molar-refractivity contribution in [1.29, 1.82) is 0 Å². The Labute approximate surface area is 209 Å². The molecule has 0 saturated carbocycles. The third-order valence-electron chi connectivity index (χ3n) is 5.70. The van der Waals surface area contributed by atoms with Gasteiger partial charge >= 0.3 is 0 Å². The fraction of sp³-hybridized carbons (Fsp3) is 0.286. The van der Waals surface area contributed by atoms with Gasteiger partial charge in [-0.25, -0.2) is 4.39 Å². The molecule has 0 bridgehead atoms. The predicted octanol–water partition coefficient (Wildman–Crippen LogP) is 5.40. The number of aromatic hydroxyl groups is 1. The highest BCUT2D eigenvalue weighted by atomic mass is 19.1. The number of rotatable bonds is 10. The van der Waals surface area contributed by atoms with E-state index in [4.69, 9.17) is 14.2 Å². The number of hydrogen-bond donors (Lipinski definition) is 2. The lowest BCUT2D eigenvalue weighted by Crippen LogP contribution is -2.23. The largest absolute Gasteiger partial charge is 0.506 e. The number of nitrogens with zero attached hydrogens (tertiary/aromatic N) is 1. The summed E-state index contributed by atoms with van der Waals surface area (Å²) in [7, 11) is 4.50. The summed E-state index contributed by atoms with van der Waals surface area (Å²) in [4.78, 5) is 20.2. The summed E-state index contributed by atoms with van der Waals surface area (Å²) >= 11 is 0. The Morgan fingerprint density at radius 2 is 1.72 bits per heavy atom. The zero-order valence-electron chi connectivity index (χ0n) is 21.0. The van der Waals surface area contributed by atoms with Crippen LogP contribution >= 0.6 is 0 Å². The second-order valence-corrected chi connectivity index (χ2v) is 8.15. The molecule has 1 aromatic heterocycles. The van der Waals surface area contributed by atoms with Gasteiger partial charge in [0.2, 0.25) is 5.90 Å². The monoisotopic (exact) mass is 494 g/mol. The number of aromatic nitrogens is 1. The van der Waals surface area contributed by atoms with Crippen molar-refractivity contribution in [3.8, 4) is 28.4 Å². The highest BCUT2D eigenvalue weighted by Gasteiger charge is 2.27. The van der Waals surface area contributed by atoms with E-state index >= 15 is 0 Å². The third-order valence-corrected chi connectivity index (χ3v) is 5.70. The molecular weight excluding hydrogens is 463 g/mol. The number of aliphatic imine (C=N–C) groups is 1. The van der Waals surface area contributed by atoms with Gasteiger partial charge in [-0.05, 0) is 42.7 Å². The molecule has 0 fully saturated rings. The van der Waals surface area contributed by atoms with Gasteiger partial charge in [0.25, 0.3) is 5.56 Å². The van der Waals surface area contributed by atoms with Crippen molar-refractivity contribution in [2.45, 2.75) is 32.6 Å². The topological polar surface area (TPSA) is 93.1 Å². The van der Waals surface area contributed by atoms with Gasteiger partial charge in [-0.1, -0.05) is 38.1 Å². The van der Waals surface area contributed by atoms with Crippen LogP contribution in [0.5, 0.6) is 17.2 Å². The first-order valence-corrected chi connectivity index (χ1v) is 11.6. The van der Waals surface area contributed by atoms with Crippen LogP contribution in [0.4, 0.5) is 4.39 Å². The highest BCUT2D eigenvalue weighted by Crippen LogP contribution is 2.44. The molecule has 0 spiro atoms. The van der Waals surface area contributed by atoms with E-state index in [1.807, 2.05) is 6.92 Å². The van der Waals surface area contributed by atoms with Crippen LogP contribution in [0.2, 0.25) is 0 Å². The second kappa shape index (κ2) is 12.1. The lowest BCUT2D eigenvalue weighted by atomic mass is 9.95. The zero-order chi connectivity index (χ0) is 26.2. The minimum Gasteiger partial charge on any atom is -0.506 e. The summed E-state index contributed by atoms with van der Waals surface area (Å²) in [6.07, 6.45) is 2.46. The first kappa shape index (κ1) is 26.5. The number of pyridine rings is 1. The molecule has 3 rings (SSSR count). The Balaban J connectivity index is 2.12. The van der Waals surface area contributed by atoms with E-state index < -0.39 is 5.56 Å². The Morgan fingerprint density at radius 1 is 1.08 bits per heavy atom. The lowest BCUT2D eigenvalue weighted by molar-refractivity contribution is 0.394. The van der Waals surface area contributed by atoms with Crippen LogP contribution < -0.4 is 15.0 Å². The van der Waals surface area contributed by atoms with Crippen LogP contribution in [0.3, 0.4) is 0 Å². The van der Waals surface area contributed by atoms with Crippen molar-refractivity contribution in [2.24, 2.45) is 4.99 Å². The van der Waals surface area contributed by atoms with E-state index in [1.165, 1.54) is 33.4 Å². The molecule has 7 nitrogen and oxygen atoms in total. The number of aromatic amines is 1. The first-order chi connectivity index (χ1) is 17.3. The third kappa shape index (κ3) is 5.76. The summed E-state index contributed by atoms with van der Waals surface area (Å²) < 4.78 is 30.2. The van der Waals surface area contributed by atoms with Crippen molar-refractivity contribution in [3.63, 3.8) is 0 Å². The molecule has 0 atom stereocenters. The molecule has 3 aromatic rings. The van der Waals surface area contributed by atoms with Crippen molar-refractivity contribution >= 4 is 5.90 Å². The maximum absolute atomic E-state index is 13.2. The van der Waals surface area contributed by atoms with Crippen LogP contribution in [-0.4, -0.2) is 37.3 Å². The second-order valence-electron chi connectivity index (χ2n) is 8.15. The van der Waals surface area contributed by atoms with Gasteiger partial charge in [-0.2, -0.15) is 0 Å². The molecule has 190 valence electrons. The number of aryl methyl sites for hydroxylation is 1. The molecule has 0 saturated heterocycles. The lowest BCUT2D eigenvalue weighted by Gasteiger charge is -2.20. The summed E-state index contributed by atoms with van der Waals surface area (Å²) in [6, 6.07) is 11.2. The normalized spacial score (nSPS) is 11.3. The van der Waals surface area contributed by atoms with Crippen LogP contribution in [0, 0.1) is 5.82 Å². The van der Waals surface area contributed by atoms with Gasteiger partial charge in [0.1, 0.15) is 34.4 Å². The SMILES string of the molecule is C=C(Cc1ccc(F)cc1)OC(=NC)c1c(O)c(-c2c(OC)cccc2OC)c(CCCC)[nH]c1=O. The van der Waals surface area contributed by atoms with E-state index in [0.717, 1.165) is 18.4 Å². The Bertz CT molecular complexity index is 1290. The number of halogens is 1. The average molecular weight is 495 g/mol. The quantitative estimate of drug-likeness (QED) is 0.224. The molecule has 0 aliphatic carbocycles. The fourth-order valence-electron chi connectivity index (χ4n) is 3.96. The fourth-order valence-corrected chi connectivity index (χ4v) is 3.96. The van der Waals surface area contributed by atoms with Gasteiger partial charge in [0.15, 0.2) is 0 Å². The van der Waals surface area contributed by atoms with Crippen molar-refractivity contribution in [2.75, 3.05) is 21.3 Å². The molecule has 2 aromatic carbocycles. The number of hydrogen-bond acceptors (Lipinski definition) is 6. The zero-order valence-corrected chi connectivity index (χ0v) is 21.0. The van der Waals surface area contributed by atoms with Crippen LogP contribution in [-0.2, 0) is 17.6 Å². The molecule has 8 heteroatoms. The first-order valence-electron chi connectivity index (χ1n) is 11.6. The van der Waals surface area contributed by atoms with E-state index in [0.29, 0.717) is 34.7 Å². The number of allylic oxidation sites excluding steroid dienone is 1. The number of unbranched alkanes of at least 4 members (excludes halogenated alkanes) is 1. The molecule has 0 aliphatic heterocycles. The number of H-pyrrole nitrogens is 1. The highest BCUT2D eigenvalue weighted by molar-refractivity contribution is 6.00. The maximum atomic E-state index is 13.2. The number of ether oxygens (including phenoxy) is 3. The Morgan fingerprint density at radius 3 is 2.28 bits per heavy atom. The Hall–Kier alpha value is -4.07. The minimum absolute atomic E-state index is 0.0991. The summed E-state index contributed by atoms with van der Waals surface area (Å²) in [5, 5.41) is 11.5. The molecule has 0 radical (unpaired) electrons. The van der Waals surface area contributed by atoms with E-state index in [9.17, 15) is 14.3 Å². The summed E-state index contributed by atoms with van der Waals surface area (Å²) in [5.41, 5.74) is 1.51. The van der Waals surface area contributed by atoms with Gasteiger partial charge in [-0.3, -0.25) is 9.79 Å². The van der Waals surface area contributed by atoms with E-state index in [-0.39, 0.29) is 35.2 Å². The number of nitrogens with one attached hydrogen (secondary N) is 1. The predicted molar refractivity (Wildman–Crippen MR) is 139 cm³/mol. The van der Waals surface area contributed by atoms with Gasteiger partial charge in [0, 0.05) is 19.2 Å². The average Bonchev–Trinajstić information content (AvgIpc) is 2.87. The maximum Gasteiger partial charge on any atom is 0.264 e. The van der Waals surface area contributed by atoms with Crippen molar-refractivity contribution < 1.29 is 23.7 Å². The molecule has 36 heavy (non-hydrogen) atoms. The molecule has 1 heterocycles. The van der Waals surface area contributed by atoms with E-state index in [2.05, 4.69) is 16.6 Å². The number of benzene rings is 2.